The van der Waals surface area contributed by atoms with Gasteiger partial charge < -0.3 is 19.3 Å². The van der Waals surface area contributed by atoms with Crippen LogP contribution in [0.4, 0.5) is 0 Å². The molecule has 0 aliphatic rings. The molecule has 0 atom stereocenters. The monoisotopic (exact) mass is 608 g/mol. The molecule has 2 aromatic carbocycles. The molecule has 0 aliphatic heterocycles. The Bertz CT molecular complexity index is 957. The molecule has 2 rings (SSSR count). The van der Waals surface area contributed by atoms with E-state index >= 15 is 0 Å². The van der Waals surface area contributed by atoms with Gasteiger partial charge in [-0.2, -0.15) is 0 Å². The summed E-state index contributed by atoms with van der Waals surface area (Å²) in [5, 5.41) is 0. The van der Waals surface area contributed by atoms with E-state index < -0.39 is 0 Å². The molecule has 0 bridgehead atoms. The van der Waals surface area contributed by atoms with Crippen LogP contribution < -0.4 is 0 Å². The van der Waals surface area contributed by atoms with Gasteiger partial charge in [0.05, 0.1) is 0 Å². The predicted octanol–water partition coefficient (Wildman–Crippen LogP) is 8.80. The number of ether oxygens (including phenoxy) is 2. The Morgan fingerprint density at radius 1 is 0.523 bits per heavy atom. The van der Waals surface area contributed by atoms with E-state index in [4.69, 9.17) is 9.47 Å². The SMILES string of the molecule is CCCCN(CCCC)CCCC(=O)OCc1cccc(-c2cccc(COC(=O)CCCN(CCCC)CCCC)c2)c1. The van der Waals surface area contributed by atoms with Crippen LogP contribution in [-0.2, 0) is 32.3 Å². The van der Waals surface area contributed by atoms with E-state index in [0.717, 1.165) is 74.4 Å². The summed E-state index contributed by atoms with van der Waals surface area (Å²) in [4.78, 5) is 29.9. The van der Waals surface area contributed by atoms with Gasteiger partial charge in [0.1, 0.15) is 13.2 Å². The second-order valence-corrected chi connectivity index (χ2v) is 12.0. The average molecular weight is 609 g/mol. The van der Waals surface area contributed by atoms with E-state index in [-0.39, 0.29) is 25.2 Å². The van der Waals surface area contributed by atoms with Gasteiger partial charge in [0.25, 0.3) is 0 Å². The average Bonchev–Trinajstić information content (AvgIpc) is 3.05. The standard InChI is InChI=1S/C38H60N2O4/c1-5-9-23-39(24-10-6-2)27-15-21-37(41)43-31-33-17-13-19-35(29-33)36-20-14-18-34(30-36)32-44-38(42)22-16-28-40(25-11-7-3)26-12-8-4/h13-14,17-20,29-30H,5-12,15-16,21-28,31-32H2,1-4H3. The molecule has 0 heterocycles. The molecular weight excluding hydrogens is 548 g/mol. The first kappa shape index (κ1) is 37.5. The molecular formula is C38H60N2O4. The van der Waals surface area contributed by atoms with Crippen LogP contribution in [0.15, 0.2) is 48.5 Å². The van der Waals surface area contributed by atoms with Gasteiger partial charge >= 0.3 is 11.9 Å². The first-order valence-corrected chi connectivity index (χ1v) is 17.4. The lowest BCUT2D eigenvalue weighted by Gasteiger charge is -2.21. The zero-order chi connectivity index (χ0) is 31.8. The molecule has 0 N–H and O–H groups in total. The van der Waals surface area contributed by atoms with Crippen molar-refractivity contribution in [2.24, 2.45) is 0 Å². The van der Waals surface area contributed by atoms with Gasteiger partial charge in [0.15, 0.2) is 0 Å². The second-order valence-electron chi connectivity index (χ2n) is 12.0. The maximum Gasteiger partial charge on any atom is 0.306 e. The van der Waals surface area contributed by atoms with Crippen molar-refractivity contribution in [3.63, 3.8) is 0 Å². The lowest BCUT2D eigenvalue weighted by molar-refractivity contribution is -0.146. The first-order valence-electron chi connectivity index (χ1n) is 17.4. The third-order valence-corrected chi connectivity index (χ3v) is 8.01. The molecule has 6 nitrogen and oxygen atoms in total. The Kier molecular flexibility index (Phi) is 20.2. The molecule has 0 amide bonds. The highest BCUT2D eigenvalue weighted by atomic mass is 16.5. The third-order valence-electron chi connectivity index (χ3n) is 8.01. The Morgan fingerprint density at radius 3 is 1.20 bits per heavy atom. The zero-order valence-electron chi connectivity index (χ0n) is 28.3. The van der Waals surface area contributed by atoms with Gasteiger partial charge in [-0.3, -0.25) is 9.59 Å². The zero-order valence-corrected chi connectivity index (χ0v) is 28.3. The molecule has 0 unspecified atom stereocenters. The van der Waals surface area contributed by atoms with Crippen molar-refractivity contribution < 1.29 is 19.1 Å². The van der Waals surface area contributed by atoms with Crippen molar-refractivity contribution in [1.29, 1.82) is 0 Å². The summed E-state index contributed by atoms with van der Waals surface area (Å²) in [6.45, 7) is 15.8. The number of unbranched alkanes of at least 4 members (excludes halogenated alkanes) is 4. The van der Waals surface area contributed by atoms with Gasteiger partial charge in [0, 0.05) is 12.8 Å². The van der Waals surface area contributed by atoms with E-state index in [9.17, 15) is 9.59 Å². The Hall–Kier alpha value is -2.70. The highest BCUT2D eigenvalue weighted by Crippen LogP contribution is 2.23. The number of hydrogen-bond donors (Lipinski definition) is 0. The quantitative estimate of drug-likeness (QED) is 0.105. The Labute approximate surface area is 268 Å². The topological polar surface area (TPSA) is 59.1 Å². The molecule has 6 heteroatoms. The molecule has 0 saturated heterocycles. The normalized spacial score (nSPS) is 11.3. The fraction of sp³-hybridized carbons (Fsp3) is 0.632. The largest absolute Gasteiger partial charge is 0.461 e. The minimum absolute atomic E-state index is 0.139. The molecule has 0 fully saturated rings. The molecule has 246 valence electrons. The molecule has 2 aromatic rings. The van der Waals surface area contributed by atoms with Crippen molar-refractivity contribution >= 4 is 11.9 Å². The number of hydrogen-bond acceptors (Lipinski definition) is 6. The predicted molar refractivity (Wildman–Crippen MR) is 182 cm³/mol. The summed E-state index contributed by atoms with van der Waals surface area (Å²) < 4.78 is 11.2. The fourth-order valence-corrected chi connectivity index (χ4v) is 5.25. The Balaban J connectivity index is 1.79. The van der Waals surface area contributed by atoms with Crippen molar-refractivity contribution in [3.8, 4) is 11.1 Å². The number of benzene rings is 2. The van der Waals surface area contributed by atoms with Crippen LogP contribution in [0.25, 0.3) is 11.1 Å². The van der Waals surface area contributed by atoms with Crippen molar-refractivity contribution in [2.45, 2.75) is 118 Å². The summed E-state index contributed by atoms with van der Waals surface area (Å²) in [6.07, 6.45) is 12.2. The number of rotatable bonds is 25. The van der Waals surface area contributed by atoms with Crippen LogP contribution in [0.1, 0.15) is 116 Å². The van der Waals surface area contributed by atoms with Gasteiger partial charge in [-0.05, 0) is 112 Å². The summed E-state index contributed by atoms with van der Waals surface area (Å²) in [6, 6.07) is 16.2. The number of nitrogens with zero attached hydrogens (tertiary/aromatic N) is 2. The molecule has 0 spiro atoms. The van der Waals surface area contributed by atoms with Gasteiger partial charge in [-0.15, -0.1) is 0 Å². The molecule has 0 aliphatic carbocycles. The molecule has 44 heavy (non-hydrogen) atoms. The van der Waals surface area contributed by atoms with Crippen LogP contribution in [0, 0.1) is 0 Å². The maximum absolute atomic E-state index is 12.5. The van der Waals surface area contributed by atoms with Gasteiger partial charge in [0.2, 0.25) is 0 Å². The van der Waals surface area contributed by atoms with E-state index in [2.05, 4.69) is 61.8 Å². The molecule has 0 aromatic heterocycles. The second kappa shape index (κ2) is 23.7. The third kappa shape index (κ3) is 16.4. The van der Waals surface area contributed by atoms with Crippen molar-refractivity contribution in [3.05, 3.63) is 59.7 Å². The van der Waals surface area contributed by atoms with E-state index in [1.54, 1.807) is 0 Å². The maximum atomic E-state index is 12.5. The highest BCUT2D eigenvalue weighted by Gasteiger charge is 2.10. The smallest absolute Gasteiger partial charge is 0.306 e. The first-order chi connectivity index (χ1) is 21.5. The van der Waals surface area contributed by atoms with E-state index in [0.29, 0.717) is 12.8 Å². The minimum Gasteiger partial charge on any atom is -0.461 e. The number of carbonyl (C=O) groups is 2. The van der Waals surface area contributed by atoms with Gasteiger partial charge in [-0.1, -0.05) is 89.8 Å². The van der Waals surface area contributed by atoms with Crippen LogP contribution in [0.2, 0.25) is 0 Å². The van der Waals surface area contributed by atoms with E-state index in [1.807, 2.05) is 24.3 Å². The highest BCUT2D eigenvalue weighted by molar-refractivity contribution is 5.70. The van der Waals surface area contributed by atoms with Crippen LogP contribution in [0.3, 0.4) is 0 Å². The minimum atomic E-state index is -0.139. The lowest BCUT2D eigenvalue weighted by Crippen LogP contribution is -2.27. The Morgan fingerprint density at radius 2 is 0.864 bits per heavy atom. The van der Waals surface area contributed by atoms with Crippen molar-refractivity contribution in [2.75, 3.05) is 39.3 Å². The summed E-state index contributed by atoms with van der Waals surface area (Å²) in [5.41, 5.74) is 4.03. The van der Waals surface area contributed by atoms with Gasteiger partial charge in [-0.25, -0.2) is 0 Å². The van der Waals surface area contributed by atoms with Crippen LogP contribution in [-0.4, -0.2) is 61.0 Å². The van der Waals surface area contributed by atoms with Crippen molar-refractivity contribution in [1.82, 2.24) is 9.80 Å². The summed E-state index contributed by atoms with van der Waals surface area (Å²) >= 11 is 0. The number of esters is 2. The van der Waals surface area contributed by atoms with Crippen LogP contribution >= 0.6 is 0 Å². The number of carbonyl (C=O) groups excluding carboxylic acids is 2. The molecule has 0 radical (unpaired) electrons. The van der Waals surface area contributed by atoms with E-state index in [1.165, 1.54) is 51.4 Å². The molecule has 0 saturated carbocycles. The summed E-state index contributed by atoms with van der Waals surface area (Å²) in [5.74, 6) is -0.278. The lowest BCUT2D eigenvalue weighted by atomic mass is 10.0. The fourth-order valence-electron chi connectivity index (χ4n) is 5.25. The van der Waals surface area contributed by atoms with Crippen LogP contribution in [0.5, 0.6) is 0 Å². The summed E-state index contributed by atoms with van der Waals surface area (Å²) in [7, 11) is 0.